The number of sulfonamides is 2. The zero-order valence-electron chi connectivity index (χ0n) is 21.3. The molecule has 0 bridgehead atoms. The van der Waals surface area contributed by atoms with Crippen LogP contribution < -0.4 is 5.11 Å². The van der Waals surface area contributed by atoms with Crippen LogP contribution in [0.25, 0.3) is 4.72 Å². The van der Waals surface area contributed by atoms with Crippen LogP contribution in [0.15, 0.2) is 112 Å². The molecule has 0 saturated heterocycles. The van der Waals surface area contributed by atoms with Gasteiger partial charge in [0, 0.05) is 29.4 Å². The monoisotopic (exact) mass is 696 g/mol. The summed E-state index contributed by atoms with van der Waals surface area (Å²) in [5.41, 5.74) is 1.76. The Bertz CT molecular complexity index is 1660. The maximum absolute atomic E-state index is 11.1. The summed E-state index contributed by atoms with van der Waals surface area (Å²) in [6, 6.07) is 22.9. The number of hydrogen-bond donors (Lipinski definition) is 2. The first-order valence-electron chi connectivity index (χ1n) is 11.3. The van der Waals surface area contributed by atoms with Gasteiger partial charge in [-0.25, -0.2) is 8.42 Å². The van der Waals surface area contributed by atoms with Gasteiger partial charge in [-0.2, -0.15) is 12.8 Å². The van der Waals surface area contributed by atoms with Gasteiger partial charge in [0.05, 0.1) is 40.3 Å². The summed E-state index contributed by atoms with van der Waals surface area (Å²) in [6.07, 6.45) is 3.32. The Labute approximate surface area is 256 Å². The Morgan fingerprint density at radius 3 is 1.56 bits per heavy atom. The second kappa shape index (κ2) is 15.4. The molecule has 41 heavy (non-hydrogen) atoms. The van der Waals surface area contributed by atoms with Gasteiger partial charge >= 0.3 is 27.3 Å². The maximum atomic E-state index is 11.1. The number of carbonyl (C=O) groups is 1. The van der Waals surface area contributed by atoms with Crippen molar-refractivity contribution < 1.29 is 64.2 Å². The number of fused-ring (bicyclic) bond motifs is 2. The molecule has 6 rings (SSSR count). The normalized spacial score (nSPS) is 14.4. The van der Waals surface area contributed by atoms with E-state index in [4.69, 9.17) is 10.2 Å². The van der Waals surface area contributed by atoms with Crippen molar-refractivity contribution in [3.05, 3.63) is 125 Å². The number of pyridine rings is 2. The predicted octanol–water partition coefficient (Wildman–Crippen LogP) is 1.54. The smallest absolute Gasteiger partial charge is 0.858 e. The average molecular weight is 695 g/mol. The molecule has 208 valence electrons. The van der Waals surface area contributed by atoms with E-state index in [1.807, 2.05) is 24.3 Å². The Hall–Kier alpha value is -3.58. The summed E-state index contributed by atoms with van der Waals surface area (Å²) < 4.78 is 50.3. The molecule has 2 N–H and O–H groups in total. The summed E-state index contributed by atoms with van der Waals surface area (Å²) in [4.78, 5) is 18.6. The minimum atomic E-state index is -3.68. The van der Waals surface area contributed by atoms with Crippen LogP contribution in [0.4, 0.5) is 0 Å². The van der Waals surface area contributed by atoms with E-state index in [-0.39, 0.29) is 61.4 Å². The topological polar surface area (TPSA) is 201 Å². The van der Waals surface area contributed by atoms with Gasteiger partial charge in [-0.1, -0.05) is 48.5 Å². The number of aliphatic hydroxyl groups is 2. The maximum Gasteiger partial charge on any atom is 2.00 e. The first-order valence-corrected chi connectivity index (χ1v) is 14.2. The van der Waals surface area contributed by atoms with Crippen LogP contribution >= 0.6 is 0 Å². The number of nitrogens with zero attached hydrogens (tertiary/aromatic N) is 4. The fourth-order valence-corrected chi connectivity index (χ4v) is 5.33. The van der Waals surface area contributed by atoms with Gasteiger partial charge in [-0.15, -0.1) is 0 Å². The Morgan fingerprint density at radius 1 is 0.683 bits per heavy atom. The molecule has 15 heteroatoms. The molecule has 4 heterocycles. The molecule has 0 unspecified atom stereocenters. The fraction of sp³-hybridized carbons (Fsp3) is 0.0769. The number of rotatable bonds is 2. The molecule has 0 radical (unpaired) electrons. The molecule has 0 fully saturated rings. The Kier molecular flexibility index (Phi) is 12.7. The summed E-state index contributed by atoms with van der Waals surface area (Å²) in [5.74, 6) is -1.35. The van der Waals surface area contributed by atoms with E-state index in [0.29, 0.717) is 11.4 Å². The van der Waals surface area contributed by atoms with Crippen molar-refractivity contribution >= 4 is 31.9 Å². The number of amides is 1. The van der Waals surface area contributed by atoms with Crippen LogP contribution in [-0.2, 0) is 60.6 Å². The van der Waals surface area contributed by atoms with E-state index in [1.54, 1.807) is 48.8 Å². The molecule has 2 aromatic carbocycles. The van der Waals surface area contributed by atoms with Crippen LogP contribution in [0.2, 0.25) is 0 Å². The third-order valence-corrected chi connectivity index (χ3v) is 7.61. The van der Waals surface area contributed by atoms with Gasteiger partial charge in [-0.05, 0) is 36.4 Å². The summed E-state index contributed by atoms with van der Waals surface area (Å²) in [6.45, 7) is 0.0572. The molecular formula is C26H22CdN4O8S2. The molecule has 0 saturated carbocycles. The second-order valence-electron chi connectivity index (χ2n) is 7.69. The third kappa shape index (κ3) is 9.22. The predicted molar refractivity (Wildman–Crippen MR) is 142 cm³/mol. The molecule has 12 nitrogen and oxygen atoms in total. The van der Waals surface area contributed by atoms with E-state index < -0.39 is 31.9 Å². The number of carbonyl (C=O) groups excluding carboxylic acids is 1. The van der Waals surface area contributed by atoms with Crippen molar-refractivity contribution in [1.29, 1.82) is 0 Å². The molecular weight excluding hydrogens is 673 g/mol. The van der Waals surface area contributed by atoms with Crippen LogP contribution in [-0.4, -0.2) is 48.8 Å². The number of hydrogen-bond acceptors (Lipinski definition) is 10. The number of benzene rings is 2. The van der Waals surface area contributed by atoms with Crippen molar-refractivity contribution in [3.63, 3.8) is 0 Å². The van der Waals surface area contributed by atoms with Crippen LogP contribution in [0, 0.1) is 0 Å². The van der Waals surface area contributed by atoms with Gasteiger partial charge in [0.25, 0.3) is 10.0 Å². The Morgan fingerprint density at radius 2 is 1.15 bits per heavy atom. The van der Waals surface area contributed by atoms with Crippen LogP contribution in [0.3, 0.4) is 0 Å². The van der Waals surface area contributed by atoms with E-state index in [1.165, 1.54) is 24.3 Å². The zero-order valence-corrected chi connectivity index (χ0v) is 27.0. The molecule has 0 atom stereocenters. The van der Waals surface area contributed by atoms with Gasteiger partial charge in [0.1, 0.15) is 10.0 Å². The SMILES string of the molecule is O=C1[N-]S(=O)(=O)c2ccccc21.O=S1(=O)N=C([O-])c2ccccc21.OCc1ccccn1.OCc1ccccn1.[Cd+2]. The quantitative estimate of drug-likeness (QED) is 0.290. The van der Waals surface area contributed by atoms with Crippen molar-refractivity contribution in [1.82, 2.24) is 9.97 Å². The first-order chi connectivity index (χ1) is 19.1. The molecule has 4 aromatic rings. The Balaban J connectivity index is 0.000000193. The molecule has 0 aliphatic carbocycles. The van der Waals surface area contributed by atoms with Crippen LogP contribution in [0.1, 0.15) is 27.3 Å². The van der Waals surface area contributed by atoms with Gasteiger partial charge in [0.2, 0.25) is 0 Å². The minimum Gasteiger partial charge on any atom is -0.858 e. The van der Waals surface area contributed by atoms with Crippen molar-refractivity contribution in [2.75, 3.05) is 0 Å². The van der Waals surface area contributed by atoms with E-state index in [0.717, 1.165) is 0 Å². The molecule has 2 aliphatic heterocycles. The number of aliphatic hydroxyl groups excluding tert-OH is 2. The second-order valence-corrected chi connectivity index (χ2v) is 10.8. The van der Waals surface area contributed by atoms with Crippen molar-refractivity contribution in [2.24, 2.45) is 4.40 Å². The average Bonchev–Trinajstić information content (AvgIpc) is 3.36. The van der Waals surface area contributed by atoms with E-state index in [9.17, 15) is 26.7 Å². The van der Waals surface area contributed by atoms with E-state index in [2.05, 4.69) is 19.1 Å². The summed E-state index contributed by atoms with van der Waals surface area (Å²) in [5, 5.41) is 27.9. The molecule has 0 spiro atoms. The standard InChI is InChI=1S/2C7H5NO3S.2C6H7NO.Cd/c2*9-7-5-3-1-2-4-6(5)12(10,11)8-7;2*8-5-6-3-1-2-4-7-6;/h2*1-4H,(H,8,9);2*1-4,8H,5H2;/q;;;;+2/p-2. The van der Waals surface area contributed by atoms with Crippen LogP contribution in [0.5, 0.6) is 0 Å². The summed E-state index contributed by atoms with van der Waals surface area (Å²) in [7, 11) is -7.36. The largest absolute Gasteiger partial charge is 2.00 e. The van der Waals surface area contributed by atoms with Crippen molar-refractivity contribution in [3.8, 4) is 0 Å². The molecule has 2 aromatic heterocycles. The number of aromatic nitrogens is 2. The molecule has 1 amide bonds. The van der Waals surface area contributed by atoms with Gasteiger partial charge in [0.15, 0.2) is 0 Å². The first kappa shape index (κ1) is 33.6. The molecule has 2 aliphatic rings. The van der Waals surface area contributed by atoms with Gasteiger partial charge in [-0.3, -0.25) is 9.97 Å². The fourth-order valence-electron chi connectivity index (χ4n) is 3.13. The van der Waals surface area contributed by atoms with Gasteiger partial charge < -0.3 is 24.8 Å². The summed E-state index contributed by atoms with van der Waals surface area (Å²) >= 11 is 0. The zero-order chi connectivity index (χ0) is 29.2. The van der Waals surface area contributed by atoms with E-state index >= 15 is 0 Å². The third-order valence-electron chi connectivity index (χ3n) is 4.97. The van der Waals surface area contributed by atoms with Crippen molar-refractivity contribution in [2.45, 2.75) is 23.0 Å². The minimum absolute atomic E-state index is 0.